The maximum atomic E-state index is 2.36. The van der Waals surface area contributed by atoms with E-state index in [1.165, 1.54) is 27.8 Å². The number of likely N-dealkylation sites (N-methyl/N-ethyl adjacent to an activating group) is 1. The topological polar surface area (TPSA) is 3.24 Å². The van der Waals surface area contributed by atoms with Crippen molar-refractivity contribution in [2.45, 2.75) is 45.1 Å². The van der Waals surface area contributed by atoms with Gasteiger partial charge >= 0.3 is 0 Å². The summed E-state index contributed by atoms with van der Waals surface area (Å²) in [5.41, 5.74) is 7.35. The first-order valence-corrected chi connectivity index (χ1v) is 9.59. The summed E-state index contributed by atoms with van der Waals surface area (Å²) in [6.07, 6.45) is 6.93. The number of rotatable bonds is 4. The molecule has 0 spiro atoms. The molecule has 0 N–H and O–H groups in total. The quantitative estimate of drug-likeness (QED) is 0.620. The van der Waals surface area contributed by atoms with Gasteiger partial charge < -0.3 is 0 Å². The van der Waals surface area contributed by atoms with Crippen LogP contribution in [0.2, 0.25) is 0 Å². The molecule has 0 amide bonds. The number of nitrogens with zero attached hydrogens (tertiary/aromatic N) is 1. The second-order valence-electron chi connectivity index (χ2n) is 8.51. The van der Waals surface area contributed by atoms with Gasteiger partial charge in [0, 0.05) is 0 Å². The van der Waals surface area contributed by atoms with Crippen LogP contribution in [-0.2, 0) is 5.41 Å². The zero-order chi connectivity index (χ0) is 18.7. The van der Waals surface area contributed by atoms with E-state index in [2.05, 4.69) is 107 Å². The Balaban J connectivity index is 1.95. The second kappa shape index (κ2) is 7.63. The molecule has 3 rings (SSSR count). The molecule has 0 fully saturated rings. The van der Waals surface area contributed by atoms with Crippen molar-refractivity contribution in [2.75, 3.05) is 14.1 Å². The number of hydrogen-bond acceptors (Lipinski definition) is 1. The lowest BCUT2D eigenvalue weighted by Gasteiger charge is -2.30. The monoisotopic (exact) mass is 345 g/mol. The molecule has 0 bridgehead atoms. The van der Waals surface area contributed by atoms with Crippen LogP contribution in [0.25, 0.3) is 5.57 Å². The number of allylic oxidation sites excluding steroid dienone is 3. The van der Waals surface area contributed by atoms with E-state index in [1.807, 2.05) is 0 Å². The van der Waals surface area contributed by atoms with E-state index in [4.69, 9.17) is 0 Å². The smallest absolute Gasteiger partial charge is 0.0559 e. The average Bonchev–Trinajstić information content (AvgIpc) is 2.62. The summed E-state index contributed by atoms with van der Waals surface area (Å²) in [6.45, 7) is 6.90. The predicted octanol–water partition coefficient (Wildman–Crippen LogP) is 6.39. The summed E-state index contributed by atoms with van der Waals surface area (Å²) in [6, 6.07) is 20.1. The molecule has 136 valence electrons. The Hall–Kier alpha value is -2.12. The van der Waals surface area contributed by atoms with Crippen molar-refractivity contribution in [3.8, 4) is 0 Å². The van der Waals surface area contributed by atoms with Crippen molar-refractivity contribution < 1.29 is 0 Å². The van der Waals surface area contributed by atoms with E-state index in [0.29, 0.717) is 6.04 Å². The lowest BCUT2D eigenvalue weighted by atomic mass is 9.79. The lowest BCUT2D eigenvalue weighted by Crippen LogP contribution is -2.22. The normalized spacial score (nSPS) is 16.2. The summed E-state index contributed by atoms with van der Waals surface area (Å²) >= 11 is 0. The summed E-state index contributed by atoms with van der Waals surface area (Å²) < 4.78 is 0. The molecule has 26 heavy (non-hydrogen) atoms. The summed E-state index contributed by atoms with van der Waals surface area (Å²) in [4.78, 5) is 2.32. The molecule has 0 radical (unpaired) electrons. The zero-order valence-electron chi connectivity index (χ0n) is 16.8. The largest absolute Gasteiger partial charge is 0.299 e. The van der Waals surface area contributed by atoms with E-state index >= 15 is 0 Å². The summed E-state index contributed by atoms with van der Waals surface area (Å²) in [5, 5.41) is 0. The fourth-order valence-corrected chi connectivity index (χ4v) is 4.00. The van der Waals surface area contributed by atoms with E-state index in [0.717, 1.165) is 12.8 Å². The van der Waals surface area contributed by atoms with Crippen LogP contribution < -0.4 is 0 Å². The van der Waals surface area contributed by atoms with Crippen LogP contribution in [0.5, 0.6) is 0 Å². The molecule has 0 heterocycles. The highest BCUT2D eigenvalue weighted by Crippen LogP contribution is 2.38. The molecule has 1 atom stereocenters. The molecule has 2 aromatic rings. The van der Waals surface area contributed by atoms with Gasteiger partial charge in [-0.25, -0.2) is 0 Å². The summed E-state index contributed by atoms with van der Waals surface area (Å²) in [7, 11) is 4.35. The van der Waals surface area contributed by atoms with Crippen LogP contribution in [0, 0.1) is 0 Å². The van der Waals surface area contributed by atoms with Gasteiger partial charge in [0.25, 0.3) is 0 Å². The maximum Gasteiger partial charge on any atom is 0.0559 e. The van der Waals surface area contributed by atoms with Gasteiger partial charge in [-0.05, 0) is 60.2 Å². The molecule has 0 aliphatic heterocycles. The molecular formula is C25H31N. The molecule has 1 aliphatic rings. The third kappa shape index (κ3) is 3.99. The van der Waals surface area contributed by atoms with Crippen molar-refractivity contribution >= 4 is 5.57 Å². The molecule has 0 saturated carbocycles. The Morgan fingerprint density at radius 1 is 0.808 bits per heavy atom. The van der Waals surface area contributed by atoms with E-state index in [-0.39, 0.29) is 5.41 Å². The van der Waals surface area contributed by atoms with Crippen LogP contribution in [0.1, 0.15) is 56.3 Å². The van der Waals surface area contributed by atoms with Crippen molar-refractivity contribution in [3.05, 3.63) is 89.0 Å². The first-order valence-electron chi connectivity index (χ1n) is 9.59. The van der Waals surface area contributed by atoms with Crippen molar-refractivity contribution in [2.24, 2.45) is 0 Å². The fourth-order valence-electron chi connectivity index (χ4n) is 4.00. The number of benzene rings is 2. The molecule has 0 saturated heterocycles. The van der Waals surface area contributed by atoms with Gasteiger partial charge in [0.05, 0.1) is 6.04 Å². The van der Waals surface area contributed by atoms with Gasteiger partial charge in [-0.3, -0.25) is 4.90 Å². The van der Waals surface area contributed by atoms with Gasteiger partial charge in [0.2, 0.25) is 0 Å². The SMILES string of the molecule is CN(C)C(C1=CC=C(c2ccccc2C(C)(C)C)CC1)c1ccccc1. The van der Waals surface area contributed by atoms with Gasteiger partial charge in [0.1, 0.15) is 0 Å². The molecule has 0 aromatic heterocycles. The number of hydrogen-bond donors (Lipinski definition) is 0. The predicted molar refractivity (Wildman–Crippen MR) is 113 cm³/mol. The Kier molecular flexibility index (Phi) is 5.48. The zero-order valence-corrected chi connectivity index (χ0v) is 16.8. The maximum absolute atomic E-state index is 2.36. The Morgan fingerprint density at radius 2 is 1.46 bits per heavy atom. The molecule has 1 nitrogen and oxygen atoms in total. The Bertz CT molecular complexity index is 804. The van der Waals surface area contributed by atoms with Crippen LogP contribution >= 0.6 is 0 Å². The van der Waals surface area contributed by atoms with Gasteiger partial charge in [-0.15, -0.1) is 0 Å². The fraction of sp³-hybridized carbons (Fsp3) is 0.360. The van der Waals surface area contributed by atoms with Crippen molar-refractivity contribution in [1.82, 2.24) is 4.90 Å². The molecule has 1 unspecified atom stereocenters. The van der Waals surface area contributed by atoms with E-state index in [1.54, 1.807) is 0 Å². The standard InChI is InChI=1S/C25H31N/c1-25(2,3)23-14-10-9-13-22(23)19-15-17-21(18-16-19)24(26(4)5)20-11-7-6-8-12-20/h6-15,17,24H,16,18H2,1-5H3. The Morgan fingerprint density at radius 3 is 2.04 bits per heavy atom. The Labute approximate surface area is 159 Å². The van der Waals surface area contributed by atoms with Crippen LogP contribution in [-0.4, -0.2) is 19.0 Å². The highest BCUT2D eigenvalue weighted by Gasteiger charge is 2.23. The minimum atomic E-state index is 0.164. The first-order chi connectivity index (χ1) is 12.4. The van der Waals surface area contributed by atoms with Crippen LogP contribution in [0.3, 0.4) is 0 Å². The highest BCUT2D eigenvalue weighted by atomic mass is 15.1. The second-order valence-corrected chi connectivity index (χ2v) is 8.51. The lowest BCUT2D eigenvalue weighted by molar-refractivity contribution is 0.331. The average molecular weight is 346 g/mol. The third-order valence-electron chi connectivity index (χ3n) is 5.25. The van der Waals surface area contributed by atoms with E-state index in [9.17, 15) is 0 Å². The minimum Gasteiger partial charge on any atom is -0.299 e. The summed E-state index contributed by atoms with van der Waals surface area (Å²) in [5.74, 6) is 0. The van der Waals surface area contributed by atoms with Crippen LogP contribution in [0.4, 0.5) is 0 Å². The minimum absolute atomic E-state index is 0.164. The van der Waals surface area contributed by atoms with Gasteiger partial charge in [0.15, 0.2) is 0 Å². The molecule has 2 aromatic carbocycles. The first kappa shape index (κ1) is 18.7. The van der Waals surface area contributed by atoms with Crippen molar-refractivity contribution in [1.29, 1.82) is 0 Å². The van der Waals surface area contributed by atoms with Crippen molar-refractivity contribution in [3.63, 3.8) is 0 Å². The highest BCUT2D eigenvalue weighted by molar-refractivity contribution is 5.72. The van der Waals surface area contributed by atoms with Gasteiger partial charge in [-0.2, -0.15) is 0 Å². The molecule has 1 aliphatic carbocycles. The van der Waals surface area contributed by atoms with Crippen LogP contribution in [0.15, 0.2) is 72.3 Å². The molecular weight excluding hydrogens is 314 g/mol. The molecule has 1 heteroatoms. The van der Waals surface area contributed by atoms with E-state index < -0.39 is 0 Å². The third-order valence-corrected chi connectivity index (χ3v) is 5.25. The van der Waals surface area contributed by atoms with Gasteiger partial charge in [-0.1, -0.05) is 87.5 Å².